The molecule has 0 spiro atoms. The quantitative estimate of drug-likeness (QED) is 0.809. The summed E-state index contributed by atoms with van der Waals surface area (Å²) in [7, 11) is 0. The van der Waals surface area contributed by atoms with Gasteiger partial charge in [-0.2, -0.15) is 0 Å². The van der Waals surface area contributed by atoms with Gasteiger partial charge in [0, 0.05) is 36.2 Å². The second kappa shape index (κ2) is 5.07. The van der Waals surface area contributed by atoms with Crippen molar-refractivity contribution in [3.63, 3.8) is 0 Å². The lowest BCUT2D eigenvalue weighted by Gasteiger charge is -2.25. The van der Waals surface area contributed by atoms with Crippen molar-refractivity contribution in [3.05, 3.63) is 76.8 Å². The van der Waals surface area contributed by atoms with Crippen molar-refractivity contribution in [1.82, 2.24) is 15.8 Å². The molecule has 0 fully saturated rings. The van der Waals surface area contributed by atoms with Gasteiger partial charge in [0.2, 0.25) is 0 Å². The van der Waals surface area contributed by atoms with Crippen molar-refractivity contribution >= 4 is 5.97 Å². The molecule has 1 aliphatic carbocycles. The summed E-state index contributed by atoms with van der Waals surface area (Å²) in [5.74, 6) is 0.981. The van der Waals surface area contributed by atoms with Gasteiger partial charge in [0.1, 0.15) is 18.1 Å². The fraction of sp³-hybridized carbons (Fsp3) is 0.125. The Balaban J connectivity index is 1.57. The number of nitrogens with zero attached hydrogens (tertiary/aromatic N) is 1. The van der Waals surface area contributed by atoms with Crippen LogP contribution in [0.15, 0.2) is 71.2 Å². The van der Waals surface area contributed by atoms with E-state index in [1.807, 2.05) is 12.3 Å². The summed E-state index contributed by atoms with van der Waals surface area (Å²) in [6.45, 7) is 0.531. The van der Waals surface area contributed by atoms with Crippen LogP contribution in [0, 0.1) is 0 Å². The molecule has 1 aromatic heterocycles. The lowest BCUT2D eigenvalue weighted by atomic mass is 9.97. The Morgan fingerprint density at radius 1 is 1.36 bits per heavy atom. The molecule has 0 bridgehead atoms. The number of pyridine rings is 1. The first kappa shape index (κ1) is 12.7. The molecule has 0 radical (unpaired) electrons. The number of hydrogen-bond acceptors (Lipinski definition) is 6. The van der Waals surface area contributed by atoms with E-state index >= 15 is 0 Å². The van der Waals surface area contributed by atoms with Gasteiger partial charge in [0.25, 0.3) is 0 Å². The molecule has 6 nitrogen and oxygen atoms in total. The zero-order valence-electron chi connectivity index (χ0n) is 11.6. The van der Waals surface area contributed by atoms with E-state index in [1.54, 1.807) is 24.4 Å². The minimum atomic E-state index is -0.410. The largest absolute Gasteiger partial charge is 0.488 e. The van der Waals surface area contributed by atoms with Gasteiger partial charge in [-0.25, -0.2) is 4.79 Å². The fourth-order valence-corrected chi connectivity index (χ4v) is 2.55. The molecule has 1 aromatic rings. The molecule has 3 heterocycles. The van der Waals surface area contributed by atoms with Crippen LogP contribution in [-0.2, 0) is 9.47 Å². The maximum Gasteiger partial charge on any atom is 0.344 e. The number of rotatable bonds is 2. The van der Waals surface area contributed by atoms with Crippen LogP contribution in [0.5, 0.6) is 0 Å². The fourth-order valence-electron chi connectivity index (χ4n) is 2.55. The molecule has 0 amide bonds. The molecule has 3 aliphatic rings. The number of allylic oxidation sites excluding steroid dienone is 4. The maximum atomic E-state index is 12.1. The van der Waals surface area contributed by atoms with Gasteiger partial charge in [-0.1, -0.05) is 0 Å². The molecule has 4 rings (SSSR count). The molecule has 110 valence electrons. The number of carbonyl (C=O) groups excluding carboxylic acids is 1. The van der Waals surface area contributed by atoms with E-state index in [-0.39, 0.29) is 0 Å². The Labute approximate surface area is 126 Å². The second-order valence-corrected chi connectivity index (χ2v) is 5.05. The van der Waals surface area contributed by atoms with E-state index in [9.17, 15) is 4.79 Å². The average molecular weight is 295 g/mol. The number of esters is 1. The number of aromatic nitrogens is 1. The minimum Gasteiger partial charge on any atom is -0.488 e. The minimum absolute atomic E-state index is 0.410. The highest BCUT2D eigenvalue weighted by Crippen LogP contribution is 2.35. The van der Waals surface area contributed by atoms with Crippen molar-refractivity contribution in [2.24, 2.45) is 0 Å². The number of carbonyl (C=O) groups is 1. The van der Waals surface area contributed by atoms with E-state index in [0.29, 0.717) is 24.4 Å². The first-order valence-electron chi connectivity index (χ1n) is 6.91. The number of fused-ring (bicyclic) bond motifs is 2. The smallest absolute Gasteiger partial charge is 0.344 e. The van der Waals surface area contributed by atoms with Crippen LogP contribution in [-0.4, -0.2) is 17.6 Å². The highest BCUT2D eigenvalue weighted by atomic mass is 16.5. The third-order valence-corrected chi connectivity index (χ3v) is 3.64. The molecule has 0 aromatic carbocycles. The molecule has 0 saturated heterocycles. The van der Waals surface area contributed by atoms with Crippen molar-refractivity contribution in [2.45, 2.75) is 6.42 Å². The van der Waals surface area contributed by atoms with Gasteiger partial charge in [-0.15, -0.1) is 0 Å². The van der Waals surface area contributed by atoms with E-state index < -0.39 is 5.97 Å². The Bertz CT molecular complexity index is 760. The Kier molecular flexibility index (Phi) is 2.93. The lowest BCUT2D eigenvalue weighted by Crippen LogP contribution is -2.25. The Morgan fingerprint density at radius 3 is 3.18 bits per heavy atom. The number of ether oxygens (including phenoxy) is 2. The predicted octanol–water partition coefficient (Wildman–Crippen LogP) is 1.69. The van der Waals surface area contributed by atoms with Gasteiger partial charge in [0.15, 0.2) is 0 Å². The monoisotopic (exact) mass is 295 g/mol. The highest BCUT2D eigenvalue weighted by Gasteiger charge is 2.28. The summed E-state index contributed by atoms with van der Waals surface area (Å²) in [6, 6.07) is 3.38. The Hall–Kier alpha value is -3.02. The highest BCUT2D eigenvalue weighted by molar-refractivity contribution is 5.89. The van der Waals surface area contributed by atoms with E-state index in [0.717, 1.165) is 22.6 Å². The Morgan fingerprint density at radius 2 is 2.32 bits per heavy atom. The number of nitrogens with one attached hydrogen (secondary N) is 2. The third-order valence-electron chi connectivity index (χ3n) is 3.64. The second-order valence-electron chi connectivity index (χ2n) is 5.05. The lowest BCUT2D eigenvalue weighted by molar-refractivity contribution is 0.0615. The number of hydrazine groups is 1. The number of hydrogen-bond donors (Lipinski definition) is 2. The normalized spacial score (nSPS) is 18.6. The average Bonchev–Trinajstić information content (AvgIpc) is 3.05. The molecule has 2 aliphatic heterocycles. The molecule has 0 unspecified atom stereocenters. The predicted molar refractivity (Wildman–Crippen MR) is 77.8 cm³/mol. The molecule has 6 heteroatoms. The van der Waals surface area contributed by atoms with Crippen molar-refractivity contribution in [3.8, 4) is 0 Å². The van der Waals surface area contributed by atoms with Crippen molar-refractivity contribution < 1.29 is 14.3 Å². The summed E-state index contributed by atoms with van der Waals surface area (Å²) in [4.78, 5) is 16.0. The first-order chi connectivity index (χ1) is 10.8. The summed E-state index contributed by atoms with van der Waals surface area (Å²) in [5, 5.41) is 0. The molecule has 0 saturated carbocycles. The van der Waals surface area contributed by atoms with Gasteiger partial charge < -0.3 is 20.3 Å². The summed E-state index contributed by atoms with van der Waals surface area (Å²) >= 11 is 0. The van der Waals surface area contributed by atoms with Crippen molar-refractivity contribution in [1.29, 1.82) is 0 Å². The van der Waals surface area contributed by atoms with Crippen LogP contribution < -0.4 is 10.9 Å². The summed E-state index contributed by atoms with van der Waals surface area (Å²) in [6.07, 6.45) is 9.07. The van der Waals surface area contributed by atoms with Crippen LogP contribution in [0.1, 0.15) is 16.8 Å². The van der Waals surface area contributed by atoms with E-state index in [4.69, 9.17) is 9.47 Å². The zero-order valence-corrected chi connectivity index (χ0v) is 11.6. The van der Waals surface area contributed by atoms with Crippen LogP contribution in [0.25, 0.3) is 0 Å². The third kappa shape index (κ3) is 2.14. The topological polar surface area (TPSA) is 72.5 Å². The molecule has 22 heavy (non-hydrogen) atoms. The molecular weight excluding hydrogens is 282 g/mol. The maximum absolute atomic E-state index is 12.1. The van der Waals surface area contributed by atoms with Crippen molar-refractivity contribution in [2.75, 3.05) is 6.61 Å². The van der Waals surface area contributed by atoms with Gasteiger partial charge in [0.05, 0.1) is 11.3 Å². The summed E-state index contributed by atoms with van der Waals surface area (Å²) in [5.41, 5.74) is 9.54. The zero-order chi connectivity index (χ0) is 14.9. The van der Waals surface area contributed by atoms with Crippen LogP contribution >= 0.6 is 0 Å². The van der Waals surface area contributed by atoms with Crippen LogP contribution in [0.4, 0.5) is 0 Å². The molecule has 2 N–H and O–H groups in total. The molecule has 0 atom stereocenters. The summed E-state index contributed by atoms with van der Waals surface area (Å²) < 4.78 is 11.1. The molecular formula is C16H13N3O3. The van der Waals surface area contributed by atoms with E-state index in [1.165, 1.54) is 6.20 Å². The van der Waals surface area contributed by atoms with Crippen LogP contribution in [0.2, 0.25) is 0 Å². The first-order valence-corrected chi connectivity index (χ1v) is 6.91. The van der Waals surface area contributed by atoms with Gasteiger partial charge in [-0.05, 0) is 24.3 Å². The SMILES string of the molecule is O=C(OC1=CC=C2OCC3=CNNC3=C2C1)c1cccnc1. The van der Waals surface area contributed by atoms with Gasteiger partial charge >= 0.3 is 5.97 Å². The van der Waals surface area contributed by atoms with Gasteiger partial charge in [-0.3, -0.25) is 4.98 Å². The standard InChI is InChI=1S/C16H13N3O3/c20-16(10-2-1-5-17-7-10)22-12-3-4-14-13(6-12)15-11(9-21-14)8-18-19-15/h1-5,7-8,18-19H,6,9H2. The van der Waals surface area contributed by atoms with E-state index in [2.05, 4.69) is 15.8 Å². The van der Waals surface area contributed by atoms with Crippen LogP contribution in [0.3, 0.4) is 0 Å².